The molecule has 6 heteroatoms. The van der Waals surface area contributed by atoms with Gasteiger partial charge in [-0.3, -0.25) is 0 Å². The molecule has 2 unspecified atom stereocenters. The van der Waals surface area contributed by atoms with Crippen molar-refractivity contribution in [2.45, 2.75) is 56.7 Å². The third-order valence-electron chi connectivity index (χ3n) is 5.24. The number of benzene rings is 1. The molecule has 2 amide bonds. The second-order valence-electron chi connectivity index (χ2n) is 7.00. The third kappa shape index (κ3) is 4.64. The zero-order valence-corrected chi connectivity index (χ0v) is 14.4. The fraction of sp³-hybridized carbons (Fsp3) is 0.579. The number of hydrogen-bond donors (Lipinski definition) is 3. The molecular formula is C19H26N4O2. The van der Waals surface area contributed by atoms with Crippen LogP contribution in [0.5, 0.6) is 0 Å². The Morgan fingerprint density at radius 2 is 1.76 bits per heavy atom. The van der Waals surface area contributed by atoms with Gasteiger partial charge in [-0.25, -0.2) is 4.79 Å². The number of aliphatic hydroxyl groups is 1. The van der Waals surface area contributed by atoms with Crippen molar-refractivity contribution in [1.82, 2.24) is 10.6 Å². The minimum Gasteiger partial charge on any atom is -0.391 e. The van der Waals surface area contributed by atoms with E-state index < -0.39 is 6.10 Å². The third-order valence-corrected chi connectivity index (χ3v) is 5.24. The number of rotatable bonds is 3. The van der Waals surface area contributed by atoms with Crippen molar-refractivity contribution in [3.8, 4) is 6.07 Å². The van der Waals surface area contributed by atoms with Gasteiger partial charge >= 0.3 is 6.03 Å². The van der Waals surface area contributed by atoms with E-state index in [1.54, 1.807) is 0 Å². The van der Waals surface area contributed by atoms with Crippen LogP contribution in [0.2, 0.25) is 0 Å². The fourth-order valence-electron chi connectivity index (χ4n) is 3.70. The largest absolute Gasteiger partial charge is 0.391 e. The monoisotopic (exact) mass is 342 g/mol. The van der Waals surface area contributed by atoms with E-state index in [-0.39, 0.29) is 18.1 Å². The second-order valence-corrected chi connectivity index (χ2v) is 7.00. The average Bonchev–Trinajstić information content (AvgIpc) is 2.64. The van der Waals surface area contributed by atoms with E-state index in [1.165, 1.54) is 0 Å². The average molecular weight is 342 g/mol. The summed E-state index contributed by atoms with van der Waals surface area (Å²) in [5, 5.41) is 24.8. The molecule has 2 fully saturated rings. The van der Waals surface area contributed by atoms with Crippen molar-refractivity contribution in [1.29, 1.82) is 5.26 Å². The second kappa shape index (κ2) is 8.21. The lowest BCUT2D eigenvalue weighted by Gasteiger charge is -2.35. The molecule has 0 spiro atoms. The Morgan fingerprint density at radius 1 is 1.08 bits per heavy atom. The van der Waals surface area contributed by atoms with Crippen molar-refractivity contribution >= 4 is 11.7 Å². The number of carbonyl (C=O) groups is 1. The van der Waals surface area contributed by atoms with E-state index in [0.717, 1.165) is 57.3 Å². The van der Waals surface area contributed by atoms with E-state index >= 15 is 0 Å². The highest BCUT2D eigenvalue weighted by atomic mass is 16.3. The fourth-order valence-corrected chi connectivity index (χ4v) is 3.70. The highest BCUT2D eigenvalue weighted by Gasteiger charge is 2.26. The first-order valence-electron chi connectivity index (χ1n) is 9.16. The summed E-state index contributed by atoms with van der Waals surface area (Å²) in [6, 6.07) is 9.63. The molecule has 0 bridgehead atoms. The standard InChI is InChI=1S/C19H26N4O2/c20-13-14-5-7-16(8-6-14)23-11-9-15(10-12-23)21-19(25)22-17-3-1-2-4-18(17)24/h5-8,15,17-18,24H,1-4,9-12H2,(H2,21,22,25). The minimum atomic E-state index is -0.419. The number of nitrogens with one attached hydrogen (secondary N) is 2. The van der Waals surface area contributed by atoms with Crippen LogP contribution >= 0.6 is 0 Å². The van der Waals surface area contributed by atoms with Crippen LogP contribution in [0.4, 0.5) is 10.5 Å². The van der Waals surface area contributed by atoms with Crippen molar-refractivity contribution in [3.63, 3.8) is 0 Å². The number of hydrogen-bond acceptors (Lipinski definition) is 4. The molecule has 1 saturated carbocycles. The summed E-state index contributed by atoms with van der Waals surface area (Å²) in [6.45, 7) is 1.76. The quantitative estimate of drug-likeness (QED) is 0.785. The molecule has 2 atom stereocenters. The molecule has 3 N–H and O–H groups in total. The zero-order valence-electron chi connectivity index (χ0n) is 14.4. The van der Waals surface area contributed by atoms with E-state index in [9.17, 15) is 9.90 Å². The highest BCUT2D eigenvalue weighted by molar-refractivity contribution is 5.74. The van der Waals surface area contributed by atoms with Crippen LogP contribution in [0, 0.1) is 11.3 Å². The maximum atomic E-state index is 12.2. The summed E-state index contributed by atoms with van der Waals surface area (Å²) in [5.74, 6) is 0. The van der Waals surface area contributed by atoms with E-state index in [2.05, 4.69) is 21.6 Å². The van der Waals surface area contributed by atoms with Crippen LogP contribution in [0.15, 0.2) is 24.3 Å². The number of carbonyl (C=O) groups excluding carboxylic acids is 1. The van der Waals surface area contributed by atoms with Gasteiger partial charge in [-0.1, -0.05) is 12.8 Å². The van der Waals surface area contributed by atoms with Crippen molar-refractivity contribution in [2.75, 3.05) is 18.0 Å². The van der Waals surface area contributed by atoms with E-state index in [0.29, 0.717) is 5.56 Å². The SMILES string of the molecule is N#Cc1ccc(N2CCC(NC(=O)NC3CCCCC3O)CC2)cc1. The Balaban J connectivity index is 1.44. The van der Waals surface area contributed by atoms with Gasteiger partial charge < -0.3 is 20.6 Å². The molecule has 6 nitrogen and oxygen atoms in total. The van der Waals surface area contributed by atoms with Gasteiger partial charge in [-0.2, -0.15) is 5.26 Å². The number of amides is 2. The summed E-state index contributed by atoms with van der Waals surface area (Å²) in [4.78, 5) is 14.4. The van der Waals surface area contributed by atoms with Gasteiger partial charge in [0.25, 0.3) is 0 Å². The Morgan fingerprint density at radius 3 is 2.40 bits per heavy atom. The molecule has 1 aromatic rings. The van der Waals surface area contributed by atoms with Crippen molar-refractivity contribution < 1.29 is 9.90 Å². The lowest BCUT2D eigenvalue weighted by Crippen LogP contribution is -2.53. The highest BCUT2D eigenvalue weighted by Crippen LogP contribution is 2.21. The number of piperidine rings is 1. The molecule has 3 rings (SSSR count). The lowest BCUT2D eigenvalue weighted by atomic mass is 9.93. The molecular weight excluding hydrogens is 316 g/mol. The van der Waals surface area contributed by atoms with Crippen LogP contribution in [-0.2, 0) is 0 Å². The lowest BCUT2D eigenvalue weighted by molar-refractivity contribution is 0.0939. The van der Waals surface area contributed by atoms with Crippen LogP contribution in [0.3, 0.4) is 0 Å². The minimum absolute atomic E-state index is 0.118. The molecule has 1 aliphatic heterocycles. The predicted molar refractivity (Wildman–Crippen MR) is 96.3 cm³/mol. The first kappa shape index (κ1) is 17.6. The van der Waals surface area contributed by atoms with Gasteiger partial charge in [-0.15, -0.1) is 0 Å². The van der Waals surface area contributed by atoms with Crippen molar-refractivity contribution in [2.24, 2.45) is 0 Å². The smallest absolute Gasteiger partial charge is 0.315 e. The number of anilines is 1. The van der Waals surface area contributed by atoms with Gasteiger partial charge in [0.15, 0.2) is 0 Å². The number of urea groups is 1. The van der Waals surface area contributed by atoms with Crippen LogP contribution in [-0.4, -0.2) is 42.4 Å². The van der Waals surface area contributed by atoms with E-state index in [1.807, 2.05) is 24.3 Å². The summed E-state index contributed by atoms with van der Waals surface area (Å²) < 4.78 is 0. The summed E-state index contributed by atoms with van der Waals surface area (Å²) >= 11 is 0. The molecule has 134 valence electrons. The molecule has 1 aliphatic carbocycles. The molecule has 1 saturated heterocycles. The Kier molecular flexibility index (Phi) is 5.77. The zero-order chi connectivity index (χ0) is 17.6. The van der Waals surface area contributed by atoms with Gasteiger partial charge in [0.2, 0.25) is 0 Å². The molecule has 0 aromatic heterocycles. The van der Waals surface area contributed by atoms with Crippen LogP contribution in [0.25, 0.3) is 0 Å². The normalized spacial score (nSPS) is 24.4. The topological polar surface area (TPSA) is 88.4 Å². The molecule has 25 heavy (non-hydrogen) atoms. The maximum absolute atomic E-state index is 12.2. The van der Waals surface area contributed by atoms with Crippen LogP contribution in [0.1, 0.15) is 44.1 Å². The summed E-state index contributed by atoms with van der Waals surface area (Å²) in [7, 11) is 0. The number of nitrogens with zero attached hydrogens (tertiary/aromatic N) is 2. The van der Waals surface area contributed by atoms with Gasteiger partial charge in [-0.05, 0) is 49.9 Å². The molecule has 2 aliphatic rings. The Bertz CT molecular complexity index is 617. The Hall–Kier alpha value is -2.26. The van der Waals surface area contributed by atoms with E-state index in [4.69, 9.17) is 5.26 Å². The van der Waals surface area contributed by atoms with Gasteiger partial charge in [0, 0.05) is 24.8 Å². The molecule has 1 heterocycles. The predicted octanol–water partition coefficient (Wildman–Crippen LogP) is 2.13. The first-order chi connectivity index (χ1) is 12.2. The van der Waals surface area contributed by atoms with Gasteiger partial charge in [0.05, 0.1) is 23.8 Å². The molecule has 1 aromatic carbocycles. The summed E-state index contributed by atoms with van der Waals surface area (Å²) in [5.41, 5.74) is 1.79. The molecule has 0 radical (unpaired) electrons. The van der Waals surface area contributed by atoms with Crippen molar-refractivity contribution in [3.05, 3.63) is 29.8 Å². The Labute approximate surface area is 148 Å². The first-order valence-corrected chi connectivity index (χ1v) is 9.16. The maximum Gasteiger partial charge on any atom is 0.315 e. The summed E-state index contributed by atoms with van der Waals surface area (Å²) in [6.07, 6.45) is 5.08. The van der Waals surface area contributed by atoms with Gasteiger partial charge in [0.1, 0.15) is 0 Å². The number of aliphatic hydroxyl groups excluding tert-OH is 1. The number of nitriles is 1. The van der Waals surface area contributed by atoms with Crippen LogP contribution < -0.4 is 15.5 Å².